The lowest BCUT2D eigenvalue weighted by atomic mass is 10.2. The van der Waals surface area contributed by atoms with Crippen LogP contribution >= 0.6 is 27.5 Å². The molecule has 1 saturated heterocycles. The maximum absolute atomic E-state index is 5.77. The van der Waals surface area contributed by atoms with Crippen LogP contribution in [0.4, 0.5) is 0 Å². The number of hydrogen-bond acceptors (Lipinski definition) is 1. The minimum absolute atomic E-state index is 0.293. The van der Waals surface area contributed by atoms with Gasteiger partial charge in [-0.2, -0.15) is 0 Å². The van der Waals surface area contributed by atoms with E-state index in [9.17, 15) is 0 Å². The largest absolute Gasteiger partial charge is 0.368 e. The van der Waals surface area contributed by atoms with Crippen LogP contribution in [0, 0.1) is 0 Å². The van der Waals surface area contributed by atoms with Crippen LogP contribution in [0.3, 0.4) is 0 Å². The summed E-state index contributed by atoms with van der Waals surface area (Å²) in [6.07, 6.45) is 0.293. The van der Waals surface area contributed by atoms with Crippen LogP contribution < -0.4 is 0 Å². The molecule has 0 spiro atoms. The van der Waals surface area contributed by atoms with Crippen LogP contribution in [-0.2, 0) is 4.74 Å². The Hall–Kier alpha value is -0.0500. The van der Waals surface area contributed by atoms with Gasteiger partial charge in [0.05, 0.1) is 6.61 Å². The third-order valence-electron chi connectivity index (χ3n) is 1.64. The third kappa shape index (κ3) is 1.58. The molecular formula is C8H6BrClO. The fourth-order valence-corrected chi connectivity index (χ4v) is 1.93. The quantitative estimate of drug-likeness (QED) is 0.679. The molecule has 2 rings (SSSR count). The van der Waals surface area contributed by atoms with Gasteiger partial charge in [0.25, 0.3) is 0 Å². The van der Waals surface area contributed by atoms with Crippen molar-refractivity contribution in [2.45, 2.75) is 6.10 Å². The van der Waals surface area contributed by atoms with E-state index in [1.807, 2.05) is 18.2 Å². The molecule has 0 radical (unpaired) electrons. The second-order valence-corrected chi connectivity index (χ2v) is 3.78. The van der Waals surface area contributed by atoms with Gasteiger partial charge in [-0.25, -0.2) is 0 Å². The van der Waals surface area contributed by atoms with Crippen molar-refractivity contribution in [1.29, 1.82) is 0 Å². The summed E-state index contributed by atoms with van der Waals surface area (Å²) in [6.45, 7) is 0.834. The minimum atomic E-state index is 0.293. The highest BCUT2D eigenvalue weighted by molar-refractivity contribution is 9.10. The first-order valence-electron chi connectivity index (χ1n) is 3.34. The molecule has 1 aromatic rings. The number of ether oxygens (including phenoxy) is 1. The fraction of sp³-hybridized carbons (Fsp3) is 0.250. The first-order valence-corrected chi connectivity index (χ1v) is 4.51. The number of epoxide rings is 1. The smallest absolute Gasteiger partial charge is 0.107 e. The topological polar surface area (TPSA) is 12.5 Å². The molecular weight excluding hydrogens is 227 g/mol. The van der Waals surface area contributed by atoms with E-state index in [-0.39, 0.29) is 0 Å². The van der Waals surface area contributed by atoms with E-state index in [0.717, 1.165) is 16.1 Å². The predicted molar refractivity (Wildman–Crippen MR) is 47.8 cm³/mol. The second kappa shape index (κ2) is 2.77. The fourth-order valence-electron chi connectivity index (χ4n) is 0.990. The zero-order valence-electron chi connectivity index (χ0n) is 5.68. The van der Waals surface area contributed by atoms with Crippen LogP contribution in [-0.4, -0.2) is 6.61 Å². The molecule has 1 fully saturated rings. The standard InChI is InChI=1S/C8H6BrClO/c9-7-3-5(10)1-2-6(7)8-4-11-8/h1-3,8H,4H2. The Labute approximate surface area is 78.4 Å². The Morgan fingerprint density at radius 3 is 2.82 bits per heavy atom. The highest BCUT2D eigenvalue weighted by atomic mass is 79.9. The molecule has 1 nitrogen and oxygen atoms in total. The van der Waals surface area contributed by atoms with Gasteiger partial charge < -0.3 is 4.74 Å². The molecule has 0 aliphatic carbocycles. The number of halogens is 2. The summed E-state index contributed by atoms with van der Waals surface area (Å²) >= 11 is 9.19. The van der Waals surface area contributed by atoms with Gasteiger partial charge >= 0.3 is 0 Å². The Morgan fingerprint density at radius 2 is 2.27 bits per heavy atom. The van der Waals surface area contributed by atoms with Gasteiger partial charge in [0.2, 0.25) is 0 Å². The maximum atomic E-state index is 5.77. The van der Waals surface area contributed by atoms with Crippen molar-refractivity contribution in [3.05, 3.63) is 33.3 Å². The zero-order valence-corrected chi connectivity index (χ0v) is 8.02. The van der Waals surface area contributed by atoms with E-state index in [1.54, 1.807) is 0 Å². The van der Waals surface area contributed by atoms with Crippen molar-refractivity contribution in [1.82, 2.24) is 0 Å². The maximum Gasteiger partial charge on any atom is 0.107 e. The highest BCUT2D eigenvalue weighted by Gasteiger charge is 2.26. The van der Waals surface area contributed by atoms with Crippen LogP contribution in [0.2, 0.25) is 5.02 Å². The molecule has 1 atom stereocenters. The Kier molecular flexibility index (Phi) is 1.91. The summed E-state index contributed by atoms with van der Waals surface area (Å²) in [5.74, 6) is 0. The normalized spacial score (nSPS) is 21.8. The molecule has 58 valence electrons. The summed E-state index contributed by atoms with van der Waals surface area (Å²) in [5, 5.41) is 0.751. The molecule has 0 saturated carbocycles. The molecule has 1 heterocycles. The van der Waals surface area contributed by atoms with Crippen molar-refractivity contribution >= 4 is 27.5 Å². The molecule has 11 heavy (non-hydrogen) atoms. The van der Waals surface area contributed by atoms with E-state index in [4.69, 9.17) is 16.3 Å². The first-order chi connectivity index (χ1) is 5.27. The van der Waals surface area contributed by atoms with Crippen LogP contribution in [0.25, 0.3) is 0 Å². The molecule has 0 aromatic heterocycles. The van der Waals surface area contributed by atoms with E-state index in [1.165, 1.54) is 5.56 Å². The monoisotopic (exact) mass is 232 g/mol. The van der Waals surface area contributed by atoms with Crippen molar-refractivity contribution < 1.29 is 4.74 Å². The minimum Gasteiger partial charge on any atom is -0.368 e. The van der Waals surface area contributed by atoms with Crippen molar-refractivity contribution in [2.24, 2.45) is 0 Å². The van der Waals surface area contributed by atoms with Crippen molar-refractivity contribution in [3.63, 3.8) is 0 Å². The van der Waals surface area contributed by atoms with Gasteiger partial charge in [0, 0.05) is 9.50 Å². The van der Waals surface area contributed by atoms with Crippen LogP contribution in [0.15, 0.2) is 22.7 Å². The van der Waals surface area contributed by atoms with Crippen molar-refractivity contribution in [2.75, 3.05) is 6.61 Å². The summed E-state index contributed by atoms with van der Waals surface area (Å²) in [5.41, 5.74) is 1.19. The number of rotatable bonds is 1. The van der Waals surface area contributed by atoms with Crippen molar-refractivity contribution in [3.8, 4) is 0 Å². The number of benzene rings is 1. The molecule has 1 unspecified atom stereocenters. The van der Waals surface area contributed by atoms with E-state index in [2.05, 4.69) is 15.9 Å². The zero-order chi connectivity index (χ0) is 7.84. The Morgan fingerprint density at radius 1 is 1.55 bits per heavy atom. The Bertz CT molecular complexity index is 283. The SMILES string of the molecule is Clc1ccc(C2CO2)c(Br)c1. The summed E-state index contributed by atoms with van der Waals surface area (Å²) in [6, 6.07) is 5.76. The molecule has 1 aromatic carbocycles. The highest BCUT2D eigenvalue weighted by Crippen LogP contribution is 2.35. The average molecular weight is 233 g/mol. The third-order valence-corrected chi connectivity index (χ3v) is 2.56. The summed E-state index contributed by atoms with van der Waals surface area (Å²) in [4.78, 5) is 0. The van der Waals surface area contributed by atoms with Gasteiger partial charge in [-0.05, 0) is 17.7 Å². The van der Waals surface area contributed by atoms with Gasteiger partial charge in [0.15, 0.2) is 0 Å². The van der Waals surface area contributed by atoms with Crippen LogP contribution in [0.5, 0.6) is 0 Å². The second-order valence-electron chi connectivity index (χ2n) is 2.49. The van der Waals surface area contributed by atoms with Gasteiger partial charge in [-0.15, -0.1) is 0 Å². The number of hydrogen-bond donors (Lipinski definition) is 0. The summed E-state index contributed by atoms with van der Waals surface area (Å²) in [7, 11) is 0. The lowest BCUT2D eigenvalue weighted by Gasteiger charge is -1.99. The summed E-state index contributed by atoms with van der Waals surface area (Å²) < 4.78 is 6.18. The van der Waals surface area contributed by atoms with Gasteiger partial charge in [0.1, 0.15) is 6.10 Å². The molecule has 1 aliphatic heterocycles. The first kappa shape index (κ1) is 7.59. The van der Waals surface area contributed by atoms with Gasteiger partial charge in [-0.3, -0.25) is 0 Å². The van der Waals surface area contributed by atoms with E-state index >= 15 is 0 Å². The molecule has 0 N–H and O–H groups in total. The molecule has 3 heteroatoms. The van der Waals surface area contributed by atoms with E-state index < -0.39 is 0 Å². The molecule has 0 bridgehead atoms. The lowest BCUT2D eigenvalue weighted by Crippen LogP contribution is -1.81. The van der Waals surface area contributed by atoms with E-state index in [0.29, 0.717) is 6.10 Å². The molecule has 1 aliphatic rings. The van der Waals surface area contributed by atoms with Crippen LogP contribution in [0.1, 0.15) is 11.7 Å². The average Bonchev–Trinajstić information content (AvgIpc) is 2.70. The lowest BCUT2D eigenvalue weighted by molar-refractivity contribution is 0.415. The molecule has 0 amide bonds. The Balaban J connectivity index is 2.39. The van der Waals surface area contributed by atoms with Gasteiger partial charge in [-0.1, -0.05) is 33.6 Å². The predicted octanol–water partition coefficient (Wildman–Crippen LogP) is 3.17.